The SMILES string of the molecule is CC(COP(=O)([O-])[O-])COP(=O)([O-])OCC(C)OP(=O)([O-])OCCOP(=O)([O-])OCCOP(=O)([O-])OCCOP(=O)([O-])OCCOP(=O)([O-])OCCOP(=O)([O-])OCCOP(=O)([O-])OCCOP(=O)([O-])OCC(C)OP(=O)([O-])O.CCOP(=O)([O-])OCC(C)OP(=O)([O-])O.CCOP(=O)([O-])OCC(C)OP(=O)([O-])O.CCOP(=O)([O-])OCC(F)COP(=O)([O-])OCCOP(=O)([O-])OCC(C)CO. The van der Waals surface area contributed by atoms with E-state index in [0.29, 0.717) is 0 Å². The molecule has 0 amide bonds. The van der Waals surface area contributed by atoms with Crippen molar-refractivity contribution in [2.75, 3.05) is 192 Å². The quantitative estimate of drug-likeness (QED) is 0.0325. The normalized spacial score (nSPS) is 21.4. The standard InChI is InChI=1S/C24H61O44P11.C11H26FO13P3.2C5H14O8P2/c1-22(18-63-69(25,26)27)19-64-78(45,46)66-21-24(3)68-79(47,48)62-17-16-60-76(41,42)58-13-12-56-74(37,38)54-9-8-52-72(33,34)50-5-4-49-71(31,32)51-6-7-53-73(35,36)55-10-11-57-75(39,40)59-14-15-61-77(43,44)65-20-23(2)67-70(28,29)30;1-3-20-26(14,15)24-8-11(12)9-25-28(18,19)22-5-4-21-27(16,17)23-7-10(2)6-13;2*1-3-11-15(9,10)12-4-5(2)13-14(6,7)8/h22-24H,4-21H2,1-3H3,(H,31,32)(H,33,34)(H,35,36)(H,37,38)(H,39,40)(H,41,42)(H,43,44)(H,45,46)(H,47,48)(H2,25,26,27)(H2,28,29,30);10-11,13H,3-9H2,1-2H3,(H,14,15)(H,16,17)(H,18,19);2*5H,3-4H2,1-2H3,(H,9,10)(H2,6,7,8)/p-19. The van der Waals surface area contributed by atoms with Gasteiger partial charge < -0.3 is 262 Å². The largest absolute Gasteiger partial charge is 0.790 e. The zero-order valence-electron chi connectivity index (χ0n) is 71.9. The van der Waals surface area contributed by atoms with E-state index in [2.05, 4.69) is 145 Å². The van der Waals surface area contributed by atoms with Crippen LogP contribution in [-0.4, -0.2) is 242 Å². The summed E-state index contributed by atoms with van der Waals surface area (Å²) >= 11 is 0. The molecule has 24 atom stereocenters. The van der Waals surface area contributed by atoms with Crippen molar-refractivity contribution in [1.82, 2.24) is 0 Å². The third kappa shape index (κ3) is 97.1. The van der Waals surface area contributed by atoms with Crippen molar-refractivity contribution < 1.29 is 344 Å². The van der Waals surface area contributed by atoms with E-state index in [1.54, 1.807) is 0 Å². The van der Waals surface area contributed by atoms with E-state index in [1.165, 1.54) is 48.5 Å². The Balaban J connectivity index is -0.00000121. The molecular weight excluding hydrogens is 2280 g/mol. The number of hydrogen-bond acceptors (Lipinski definition) is 70. The first-order valence-electron chi connectivity index (χ1n) is 36.4. The number of aliphatic hydroxyl groups excluding tert-OH is 1. The number of hydrogen-bond donors (Lipinski definition) is 4. The van der Waals surface area contributed by atoms with Crippen LogP contribution in [0.25, 0.3) is 0 Å². The summed E-state index contributed by atoms with van der Waals surface area (Å²) in [6.45, 7) is -12.3. The molecule has 0 aromatic carbocycles. The molecule has 0 saturated carbocycles. The zero-order chi connectivity index (χ0) is 107. The maximum Gasteiger partial charge on any atom is 0.268 e. The summed E-state index contributed by atoms with van der Waals surface area (Å²) in [5.41, 5.74) is 0. The lowest BCUT2D eigenvalue weighted by Gasteiger charge is -2.31. The summed E-state index contributed by atoms with van der Waals surface area (Å²) in [6.07, 6.45) is -7.40. The molecule has 0 bridgehead atoms. The average molecular weight is 2380 g/mol. The predicted octanol–water partition coefficient (Wildman–Crippen LogP) is -7.54. The van der Waals surface area contributed by atoms with E-state index in [1.807, 2.05) is 0 Å². The Kier molecular flexibility index (Phi) is 74.3. The molecule has 0 spiro atoms. The lowest BCUT2D eigenvalue weighted by molar-refractivity contribution is -0.342. The van der Waals surface area contributed by atoms with Gasteiger partial charge in [0, 0.05) is 18.4 Å². The van der Waals surface area contributed by atoms with Gasteiger partial charge in [-0.15, -0.1) is 0 Å². The molecule has 830 valence electrons. The van der Waals surface area contributed by atoms with Crippen LogP contribution in [-0.2, 0) is 227 Å². The summed E-state index contributed by atoms with van der Waals surface area (Å²) < 4.78 is 353. The molecular formula is C45H96FO73P18-19. The van der Waals surface area contributed by atoms with Crippen LogP contribution in [0, 0.1) is 11.8 Å². The molecule has 24 unspecified atom stereocenters. The highest BCUT2D eigenvalue weighted by atomic mass is 31.2. The Bertz CT molecular complexity index is 4220. The van der Waals surface area contributed by atoms with Crippen molar-refractivity contribution >= 4 is 141 Å². The second-order valence-corrected chi connectivity index (χ2v) is 48.3. The highest BCUT2D eigenvalue weighted by molar-refractivity contribution is 7.50. The molecule has 0 aromatic rings. The van der Waals surface area contributed by atoms with Crippen molar-refractivity contribution in [3.05, 3.63) is 0 Å². The van der Waals surface area contributed by atoms with Gasteiger partial charge in [-0.05, 0) is 48.5 Å². The van der Waals surface area contributed by atoms with Gasteiger partial charge in [0.25, 0.3) is 133 Å². The van der Waals surface area contributed by atoms with Gasteiger partial charge in [-0.1, -0.05) is 13.8 Å². The molecule has 0 heterocycles. The molecule has 0 aliphatic carbocycles. The lowest BCUT2D eigenvalue weighted by Crippen LogP contribution is -2.23. The van der Waals surface area contributed by atoms with E-state index in [9.17, 15) is 180 Å². The van der Waals surface area contributed by atoms with Gasteiger partial charge in [-0.3, -0.25) is 77.6 Å². The fraction of sp³-hybridized carbons (Fsp3) is 1.00. The summed E-state index contributed by atoms with van der Waals surface area (Å²) in [6, 6.07) is 0. The van der Waals surface area contributed by atoms with Crippen LogP contribution in [0.5, 0.6) is 0 Å². The van der Waals surface area contributed by atoms with Crippen molar-refractivity contribution in [1.29, 1.82) is 0 Å². The Hall–Kier alpha value is 1.87. The second-order valence-electron chi connectivity index (χ2n) is 24.0. The van der Waals surface area contributed by atoms with E-state index in [-0.39, 0.29) is 33.0 Å². The molecule has 0 radical (unpaired) electrons. The average Bonchev–Trinajstić information content (AvgIpc) is 1.50. The minimum absolute atomic E-state index is 0.0872. The number of alkyl halides is 1. The number of rotatable bonds is 82. The van der Waals surface area contributed by atoms with Gasteiger partial charge in [0.1, 0.15) is 6.17 Å². The summed E-state index contributed by atoms with van der Waals surface area (Å²) in [5.74, 6) is -1.38. The monoisotopic (exact) mass is 2380 g/mol. The molecule has 73 nitrogen and oxygen atoms in total. The Morgan fingerprint density at radius 1 is 0.204 bits per heavy atom. The zero-order valence-corrected chi connectivity index (χ0v) is 88.0. The first-order valence-corrected chi connectivity index (χ1v) is 62.8. The van der Waals surface area contributed by atoms with E-state index in [0.717, 1.165) is 13.8 Å². The van der Waals surface area contributed by atoms with Crippen LogP contribution in [0.2, 0.25) is 0 Å². The molecule has 0 aliphatic heterocycles. The molecule has 4 N–H and O–H groups in total. The first-order chi connectivity index (χ1) is 61.9. The third-order valence-electron chi connectivity index (χ3n) is 11.3. The van der Waals surface area contributed by atoms with Crippen molar-refractivity contribution in [2.24, 2.45) is 11.8 Å². The van der Waals surface area contributed by atoms with E-state index in [4.69, 9.17) is 19.8 Å². The first kappa shape index (κ1) is 145. The summed E-state index contributed by atoms with van der Waals surface area (Å²) in [4.78, 5) is 239. The Morgan fingerprint density at radius 2 is 0.350 bits per heavy atom. The van der Waals surface area contributed by atoms with Gasteiger partial charge in [0.2, 0.25) is 0 Å². The van der Waals surface area contributed by atoms with Crippen LogP contribution >= 0.6 is 141 Å². The van der Waals surface area contributed by atoms with Crippen LogP contribution in [0.3, 0.4) is 0 Å². The topological polar surface area (TPSA) is 1120 Å². The minimum Gasteiger partial charge on any atom is -0.790 e. The van der Waals surface area contributed by atoms with Crippen LogP contribution in [0.15, 0.2) is 0 Å². The summed E-state index contributed by atoms with van der Waals surface area (Å²) in [7, 11) is -90.8. The van der Waals surface area contributed by atoms with Crippen LogP contribution < -0.4 is 93.0 Å². The number of phosphoric ester groups is 18. The molecule has 0 aliphatic rings. The maximum absolute atomic E-state index is 13.4. The van der Waals surface area contributed by atoms with Crippen molar-refractivity contribution in [3.8, 4) is 0 Å². The fourth-order valence-corrected chi connectivity index (χ4v) is 18.7. The van der Waals surface area contributed by atoms with Gasteiger partial charge >= 0.3 is 0 Å². The Morgan fingerprint density at radius 3 is 0.533 bits per heavy atom. The fourth-order valence-electron chi connectivity index (χ4n) is 6.33. The van der Waals surface area contributed by atoms with Crippen molar-refractivity contribution in [2.45, 2.75) is 92.9 Å². The highest BCUT2D eigenvalue weighted by Crippen LogP contribution is 2.50. The molecule has 0 aromatic heterocycles. The number of phosphoric acid groups is 18. The smallest absolute Gasteiger partial charge is 0.268 e. The van der Waals surface area contributed by atoms with Crippen LogP contribution in [0.1, 0.15) is 62.3 Å². The lowest BCUT2D eigenvalue weighted by atomic mass is 10.2. The van der Waals surface area contributed by atoms with E-state index < -0.39 is 342 Å². The predicted molar refractivity (Wildman–Crippen MR) is 400 cm³/mol. The molecule has 92 heteroatoms. The molecule has 0 fully saturated rings. The van der Waals surface area contributed by atoms with Crippen molar-refractivity contribution in [3.63, 3.8) is 0 Å². The van der Waals surface area contributed by atoms with Gasteiger partial charge in [-0.25, -0.2) is 4.39 Å². The minimum atomic E-state index is -5.33. The maximum atomic E-state index is 13.4. The Labute approximate surface area is 778 Å². The van der Waals surface area contributed by atoms with Gasteiger partial charge in [-0.2, -0.15) is 0 Å². The second kappa shape index (κ2) is 70.2. The highest BCUT2D eigenvalue weighted by Gasteiger charge is 2.26. The molecule has 0 rings (SSSR count). The molecule has 137 heavy (non-hydrogen) atoms. The number of aliphatic hydroxyl groups is 1. The number of halogens is 1. The van der Waals surface area contributed by atoms with Gasteiger partial charge in [0.15, 0.2) is 0 Å². The molecule has 0 saturated heterocycles. The summed E-state index contributed by atoms with van der Waals surface area (Å²) in [5, 5.41) is 8.74. The van der Waals surface area contributed by atoms with Gasteiger partial charge in [0.05, 0.1) is 217 Å². The van der Waals surface area contributed by atoms with Crippen LogP contribution in [0.4, 0.5) is 4.39 Å². The van der Waals surface area contributed by atoms with E-state index >= 15 is 0 Å². The third-order valence-corrected chi connectivity index (χ3v) is 27.7.